The van der Waals surface area contributed by atoms with Crippen molar-refractivity contribution in [3.63, 3.8) is 0 Å². The van der Waals surface area contributed by atoms with E-state index in [1.54, 1.807) is 0 Å². The smallest absolute Gasteiger partial charge is 0.142 e. The molecule has 0 radical (unpaired) electrons. The average molecular weight is 280 g/mol. The first-order valence-electron chi connectivity index (χ1n) is 3.64. The maximum absolute atomic E-state index is 13.3. The van der Waals surface area contributed by atoms with Crippen molar-refractivity contribution in [2.45, 2.75) is 5.33 Å². The number of alkyl halides is 1. The van der Waals surface area contributed by atoms with Gasteiger partial charge in [0.25, 0.3) is 0 Å². The normalized spacial score (nSPS) is 11.0. The fraction of sp³-hybridized carbons (Fsp3) is 0.111. The summed E-state index contributed by atoms with van der Waals surface area (Å²) in [5, 5.41) is 3.92. The van der Waals surface area contributed by atoms with Crippen LogP contribution in [0.3, 0.4) is 0 Å². The Bertz CT molecular complexity index is 452. The van der Waals surface area contributed by atoms with Crippen LogP contribution in [-0.2, 0) is 5.33 Å². The highest BCUT2D eigenvalue weighted by molar-refractivity contribution is 9.08. The van der Waals surface area contributed by atoms with Gasteiger partial charge in [-0.1, -0.05) is 27.5 Å². The van der Waals surface area contributed by atoms with Crippen LogP contribution in [0.1, 0.15) is 5.56 Å². The van der Waals surface area contributed by atoms with E-state index in [9.17, 15) is 4.39 Å². The molecule has 0 unspecified atom stereocenters. The molecular weight excluding hydrogens is 275 g/mol. The van der Waals surface area contributed by atoms with Crippen molar-refractivity contribution in [2.75, 3.05) is 0 Å². The Morgan fingerprint density at radius 2 is 2.31 bits per heavy atom. The summed E-state index contributed by atoms with van der Waals surface area (Å²) in [6.07, 6.45) is 0. The number of fused-ring (bicyclic) bond motifs is 1. The highest BCUT2D eigenvalue weighted by Crippen LogP contribution is 2.33. The molecule has 68 valence electrons. The molecule has 1 heterocycles. The van der Waals surface area contributed by atoms with Crippen LogP contribution in [0.5, 0.6) is 0 Å². The van der Waals surface area contributed by atoms with Crippen LogP contribution in [-0.4, -0.2) is 0 Å². The van der Waals surface area contributed by atoms with Gasteiger partial charge in [0, 0.05) is 15.7 Å². The van der Waals surface area contributed by atoms with Crippen molar-refractivity contribution >= 4 is 49.0 Å². The predicted octanol–water partition coefficient (Wildman–Crippen LogP) is 4.59. The number of rotatable bonds is 1. The Morgan fingerprint density at radius 3 is 3.00 bits per heavy atom. The maximum atomic E-state index is 13.3. The molecule has 0 saturated carbocycles. The number of hydrogen-bond acceptors (Lipinski definition) is 1. The second kappa shape index (κ2) is 3.56. The molecule has 0 amide bonds. The van der Waals surface area contributed by atoms with E-state index < -0.39 is 0 Å². The molecule has 0 saturated heterocycles. The van der Waals surface area contributed by atoms with Crippen molar-refractivity contribution in [3.8, 4) is 0 Å². The Balaban J connectivity index is 2.88. The van der Waals surface area contributed by atoms with E-state index in [-0.39, 0.29) is 5.82 Å². The second-order valence-electron chi connectivity index (χ2n) is 2.62. The van der Waals surface area contributed by atoms with Crippen LogP contribution in [0.4, 0.5) is 4.39 Å². The van der Waals surface area contributed by atoms with Crippen molar-refractivity contribution in [1.82, 2.24) is 0 Å². The standard InChI is InChI=1S/C9H5BrClFS/c10-4-6-5-1-2-13-9(5)8(12)3-7(6)11/h1-3H,4H2. The quantitative estimate of drug-likeness (QED) is 0.670. The zero-order valence-corrected chi connectivity index (χ0v) is 9.64. The summed E-state index contributed by atoms with van der Waals surface area (Å²) in [4.78, 5) is 0. The van der Waals surface area contributed by atoms with E-state index in [0.717, 1.165) is 10.9 Å². The van der Waals surface area contributed by atoms with Gasteiger partial charge in [-0.2, -0.15) is 0 Å². The van der Waals surface area contributed by atoms with Crippen LogP contribution >= 0.6 is 38.9 Å². The van der Waals surface area contributed by atoms with E-state index in [4.69, 9.17) is 11.6 Å². The van der Waals surface area contributed by atoms with Gasteiger partial charge in [-0.15, -0.1) is 11.3 Å². The molecule has 2 aromatic rings. The van der Waals surface area contributed by atoms with E-state index in [1.165, 1.54) is 17.4 Å². The molecule has 0 spiro atoms. The van der Waals surface area contributed by atoms with Gasteiger partial charge in [0.2, 0.25) is 0 Å². The molecule has 4 heteroatoms. The van der Waals surface area contributed by atoms with Crippen LogP contribution in [0.2, 0.25) is 5.02 Å². The number of thiophene rings is 1. The number of hydrogen-bond donors (Lipinski definition) is 0. The van der Waals surface area contributed by atoms with Crippen LogP contribution in [0.25, 0.3) is 10.1 Å². The van der Waals surface area contributed by atoms with Crippen molar-refractivity contribution in [2.24, 2.45) is 0 Å². The number of benzene rings is 1. The van der Waals surface area contributed by atoms with Crippen molar-refractivity contribution < 1.29 is 4.39 Å². The Hall–Kier alpha value is -0.120. The minimum Gasteiger partial charge on any atom is -0.205 e. The molecule has 0 aliphatic rings. The minimum atomic E-state index is -0.236. The summed E-state index contributed by atoms with van der Waals surface area (Å²) < 4.78 is 14.0. The van der Waals surface area contributed by atoms with Gasteiger partial charge in [0.05, 0.1) is 4.70 Å². The molecule has 0 aliphatic heterocycles. The number of halogens is 3. The maximum Gasteiger partial charge on any atom is 0.142 e. The first-order valence-corrected chi connectivity index (χ1v) is 6.02. The van der Waals surface area contributed by atoms with Crippen molar-refractivity contribution in [3.05, 3.63) is 33.9 Å². The van der Waals surface area contributed by atoms with E-state index in [0.29, 0.717) is 15.1 Å². The van der Waals surface area contributed by atoms with Crippen molar-refractivity contribution in [1.29, 1.82) is 0 Å². The molecule has 0 fully saturated rings. The summed E-state index contributed by atoms with van der Waals surface area (Å²) in [5.74, 6) is -0.236. The van der Waals surface area contributed by atoms with Gasteiger partial charge in [-0.25, -0.2) is 4.39 Å². The topological polar surface area (TPSA) is 0 Å². The third-order valence-corrected chi connectivity index (χ3v) is 3.70. The third-order valence-electron chi connectivity index (χ3n) is 1.88. The lowest BCUT2D eigenvalue weighted by Crippen LogP contribution is -1.84. The van der Waals surface area contributed by atoms with E-state index >= 15 is 0 Å². The Morgan fingerprint density at radius 1 is 1.54 bits per heavy atom. The first-order chi connectivity index (χ1) is 6.24. The molecule has 0 atom stereocenters. The molecule has 0 aliphatic carbocycles. The molecule has 0 nitrogen and oxygen atoms in total. The van der Waals surface area contributed by atoms with Gasteiger partial charge >= 0.3 is 0 Å². The summed E-state index contributed by atoms with van der Waals surface area (Å²) in [6.45, 7) is 0. The first kappa shape index (κ1) is 9.44. The summed E-state index contributed by atoms with van der Waals surface area (Å²) in [7, 11) is 0. The van der Waals surface area contributed by atoms with Crippen LogP contribution < -0.4 is 0 Å². The summed E-state index contributed by atoms with van der Waals surface area (Å²) in [5.41, 5.74) is 0.958. The molecular formula is C9H5BrClFS. The fourth-order valence-electron chi connectivity index (χ4n) is 1.26. The van der Waals surface area contributed by atoms with E-state index in [1.807, 2.05) is 11.4 Å². The predicted molar refractivity (Wildman–Crippen MR) is 59.4 cm³/mol. The third kappa shape index (κ3) is 1.49. The second-order valence-corrected chi connectivity index (χ2v) is 4.50. The molecule has 2 rings (SSSR count). The zero-order valence-electron chi connectivity index (χ0n) is 6.48. The van der Waals surface area contributed by atoms with Gasteiger partial charge in [-0.05, 0) is 23.1 Å². The average Bonchev–Trinajstić information content (AvgIpc) is 2.53. The molecule has 1 aromatic heterocycles. The monoisotopic (exact) mass is 278 g/mol. The molecule has 13 heavy (non-hydrogen) atoms. The Labute approximate surface area is 92.5 Å². The Kier molecular flexibility index (Phi) is 2.58. The summed E-state index contributed by atoms with van der Waals surface area (Å²) >= 11 is 10.6. The largest absolute Gasteiger partial charge is 0.205 e. The van der Waals surface area contributed by atoms with Gasteiger partial charge in [0.15, 0.2) is 0 Å². The molecule has 0 N–H and O–H groups in total. The highest BCUT2D eigenvalue weighted by atomic mass is 79.9. The fourth-order valence-corrected chi connectivity index (χ4v) is 3.12. The van der Waals surface area contributed by atoms with Gasteiger partial charge in [0.1, 0.15) is 5.82 Å². The van der Waals surface area contributed by atoms with Crippen LogP contribution in [0, 0.1) is 5.82 Å². The minimum absolute atomic E-state index is 0.236. The molecule has 1 aromatic carbocycles. The zero-order chi connectivity index (χ0) is 9.42. The lowest BCUT2D eigenvalue weighted by molar-refractivity contribution is 0.641. The van der Waals surface area contributed by atoms with Gasteiger partial charge < -0.3 is 0 Å². The highest BCUT2D eigenvalue weighted by Gasteiger charge is 2.10. The lowest BCUT2D eigenvalue weighted by atomic mass is 10.1. The summed E-state index contributed by atoms with van der Waals surface area (Å²) in [6, 6.07) is 3.27. The SMILES string of the molecule is Fc1cc(Cl)c(CBr)c2ccsc12. The van der Waals surface area contributed by atoms with Crippen LogP contribution in [0.15, 0.2) is 17.5 Å². The molecule has 0 bridgehead atoms. The van der Waals surface area contributed by atoms with E-state index in [2.05, 4.69) is 15.9 Å². The lowest BCUT2D eigenvalue weighted by Gasteiger charge is -2.02. The van der Waals surface area contributed by atoms with Gasteiger partial charge in [-0.3, -0.25) is 0 Å².